The van der Waals surface area contributed by atoms with Crippen molar-refractivity contribution in [2.24, 2.45) is 0 Å². The quantitative estimate of drug-likeness (QED) is 0.820. The van der Waals surface area contributed by atoms with Crippen LogP contribution in [0.4, 0.5) is 5.69 Å². The third kappa shape index (κ3) is 4.16. The summed E-state index contributed by atoms with van der Waals surface area (Å²) in [6.45, 7) is 6.31. The van der Waals surface area contributed by atoms with E-state index in [2.05, 4.69) is 4.72 Å². The first kappa shape index (κ1) is 16.2. The number of hydrogen-bond donors (Lipinski definition) is 2. The lowest BCUT2D eigenvalue weighted by atomic mass is 10.1. The molecule has 0 saturated carbocycles. The van der Waals surface area contributed by atoms with E-state index in [-0.39, 0.29) is 18.2 Å². The van der Waals surface area contributed by atoms with Crippen molar-refractivity contribution in [1.29, 1.82) is 0 Å². The molecule has 3 unspecified atom stereocenters. The number of nitrogen functional groups attached to an aromatic ring is 1. The molecule has 0 radical (unpaired) electrons. The van der Waals surface area contributed by atoms with E-state index in [4.69, 9.17) is 10.5 Å². The van der Waals surface area contributed by atoms with Gasteiger partial charge in [-0.2, -0.15) is 17.4 Å². The first-order valence-corrected chi connectivity index (χ1v) is 8.50. The summed E-state index contributed by atoms with van der Waals surface area (Å²) in [5.41, 5.74) is 7.17. The maximum Gasteiger partial charge on any atom is 0.280 e. The van der Waals surface area contributed by atoms with Crippen LogP contribution in [0, 0.1) is 0 Å². The van der Waals surface area contributed by atoms with Crippen LogP contribution in [0.15, 0.2) is 24.3 Å². The van der Waals surface area contributed by atoms with Crippen molar-refractivity contribution in [2.75, 3.05) is 18.8 Å². The van der Waals surface area contributed by atoms with Gasteiger partial charge in [-0.15, -0.1) is 0 Å². The van der Waals surface area contributed by atoms with Gasteiger partial charge in [-0.25, -0.2) is 0 Å². The monoisotopic (exact) mass is 313 g/mol. The fraction of sp³-hybridized carbons (Fsp3) is 0.571. The summed E-state index contributed by atoms with van der Waals surface area (Å²) in [5.74, 6) is 0. The van der Waals surface area contributed by atoms with Gasteiger partial charge in [0.15, 0.2) is 0 Å². The van der Waals surface area contributed by atoms with Gasteiger partial charge in [0.2, 0.25) is 0 Å². The molecule has 3 atom stereocenters. The van der Waals surface area contributed by atoms with E-state index >= 15 is 0 Å². The molecule has 0 spiro atoms. The Balaban J connectivity index is 2.08. The minimum Gasteiger partial charge on any atom is -0.399 e. The molecular formula is C14H23N3O3S. The van der Waals surface area contributed by atoms with Gasteiger partial charge < -0.3 is 10.5 Å². The van der Waals surface area contributed by atoms with Gasteiger partial charge in [0.25, 0.3) is 10.2 Å². The summed E-state index contributed by atoms with van der Waals surface area (Å²) in [6.07, 6.45) is -0.200. The molecule has 118 valence electrons. The minimum absolute atomic E-state index is 0.0999. The molecule has 7 heteroatoms. The number of morpholine rings is 1. The molecule has 1 aromatic rings. The summed E-state index contributed by atoms with van der Waals surface area (Å²) in [5, 5.41) is 0. The average Bonchev–Trinajstić information content (AvgIpc) is 2.37. The Hall–Kier alpha value is -1.15. The van der Waals surface area contributed by atoms with Crippen LogP contribution in [0.2, 0.25) is 0 Å². The van der Waals surface area contributed by atoms with E-state index in [1.54, 1.807) is 12.1 Å². The Morgan fingerprint density at radius 1 is 1.24 bits per heavy atom. The molecule has 0 aromatic heterocycles. The molecule has 0 aliphatic carbocycles. The maximum atomic E-state index is 12.5. The fourth-order valence-electron chi connectivity index (χ4n) is 2.48. The predicted molar refractivity (Wildman–Crippen MR) is 82.9 cm³/mol. The van der Waals surface area contributed by atoms with Crippen LogP contribution in [0.5, 0.6) is 0 Å². The van der Waals surface area contributed by atoms with Gasteiger partial charge in [-0.3, -0.25) is 0 Å². The third-order valence-electron chi connectivity index (χ3n) is 3.49. The van der Waals surface area contributed by atoms with Crippen molar-refractivity contribution in [2.45, 2.75) is 39.0 Å². The van der Waals surface area contributed by atoms with Crippen molar-refractivity contribution in [3.63, 3.8) is 0 Å². The van der Waals surface area contributed by atoms with Gasteiger partial charge in [-0.05, 0) is 38.5 Å². The second kappa shape index (κ2) is 6.31. The van der Waals surface area contributed by atoms with Crippen molar-refractivity contribution in [3.05, 3.63) is 29.8 Å². The SMILES string of the molecule is CC1CN(S(=O)(=O)NC(C)c2ccc(N)cc2)CC(C)O1. The minimum atomic E-state index is -3.53. The molecule has 1 heterocycles. The molecule has 2 rings (SSSR count). The lowest BCUT2D eigenvalue weighted by molar-refractivity contribution is -0.0444. The number of ether oxygens (including phenoxy) is 1. The molecule has 0 bridgehead atoms. The van der Waals surface area contributed by atoms with Gasteiger partial charge in [0, 0.05) is 24.8 Å². The number of benzene rings is 1. The number of hydrogen-bond acceptors (Lipinski definition) is 4. The van der Waals surface area contributed by atoms with E-state index in [0.717, 1.165) is 5.56 Å². The molecule has 1 aromatic carbocycles. The highest BCUT2D eigenvalue weighted by atomic mass is 32.2. The van der Waals surface area contributed by atoms with Gasteiger partial charge in [0.05, 0.1) is 12.2 Å². The second-order valence-corrected chi connectivity index (χ2v) is 7.29. The summed E-state index contributed by atoms with van der Waals surface area (Å²) in [7, 11) is -3.53. The zero-order chi connectivity index (χ0) is 15.6. The predicted octanol–water partition coefficient (Wildman–Crippen LogP) is 1.27. The number of rotatable bonds is 4. The number of anilines is 1. The van der Waals surface area contributed by atoms with E-state index in [1.165, 1.54) is 4.31 Å². The lowest BCUT2D eigenvalue weighted by Gasteiger charge is -2.35. The molecule has 1 aliphatic rings. The molecule has 1 fully saturated rings. The third-order valence-corrected chi connectivity index (χ3v) is 5.12. The van der Waals surface area contributed by atoms with Gasteiger partial charge in [0.1, 0.15) is 0 Å². The van der Waals surface area contributed by atoms with E-state index in [1.807, 2.05) is 32.9 Å². The van der Waals surface area contributed by atoms with Gasteiger partial charge in [-0.1, -0.05) is 12.1 Å². The Bertz CT molecular complexity index is 564. The highest BCUT2D eigenvalue weighted by Crippen LogP contribution is 2.18. The molecule has 0 amide bonds. The molecular weight excluding hydrogens is 290 g/mol. The molecule has 1 saturated heterocycles. The number of nitrogens with one attached hydrogen (secondary N) is 1. The summed E-state index contributed by atoms with van der Waals surface area (Å²) in [4.78, 5) is 0. The topological polar surface area (TPSA) is 84.7 Å². The zero-order valence-electron chi connectivity index (χ0n) is 12.6. The van der Waals surface area contributed by atoms with Crippen LogP contribution in [-0.4, -0.2) is 38.0 Å². The van der Waals surface area contributed by atoms with Crippen LogP contribution < -0.4 is 10.5 Å². The zero-order valence-corrected chi connectivity index (χ0v) is 13.4. The van der Waals surface area contributed by atoms with Crippen LogP contribution in [0.3, 0.4) is 0 Å². The lowest BCUT2D eigenvalue weighted by Crippen LogP contribution is -2.52. The molecule has 1 aliphatic heterocycles. The first-order chi connectivity index (χ1) is 9.78. The Kier molecular flexibility index (Phi) is 4.88. The van der Waals surface area contributed by atoms with Crippen molar-refractivity contribution >= 4 is 15.9 Å². The molecule has 3 N–H and O–H groups in total. The summed E-state index contributed by atoms with van der Waals surface area (Å²) < 4.78 is 34.6. The Morgan fingerprint density at radius 3 is 2.29 bits per heavy atom. The van der Waals surface area contributed by atoms with E-state index < -0.39 is 10.2 Å². The fourth-order valence-corrected chi connectivity index (χ4v) is 4.02. The normalized spacial score (nSPS) is 25.7. The Morgan fingerprint density at radius 2 is 1.76 bits per heavy atom. The molecule has 21 heavy (non-hydrogen) atoms. The van der Waals surface area contributed by atoms with E-state index in [0.29, 0.717) is 18.8 Å². The summed E-state index contributed by atoms with van der Waals surface area (Å²) in [6, 6.07) is 6.86. The second-order valence-electron chi connectivity index (χ2n) is 5.59. The first-order valence-electron chi connectivity index (χ1n) is 7.06. The summed E-state index contributed by atoms with van der Waals surface area (Å²) >= 11 is 0. The maximum absolute atomic E-state index is 12.5. The van der Waals surface area contributed by atoms with E-state index in [9.17, 15) is 8.42 Å². The van der Waals surface area contributed by atoms with Crippen molar-refractivity contribution < 1.29 is 13.2 Å². The smallest absolute Gasteiger partial charge is 0.280 e. The average molecular weight is 313 g/mol. The van der Waals surface area contributed by atoms with Crippen LogP contribution >= 0.6 is 0 Å². The van der Waals surface area contributed by atoms with Gasteiger partial charge >= 0.3 is 0 Å². The Labute approximate surface area is 126 Å². The number of nitrogens with zero attached hydrogens (tertiary/aromatic N) is 1. The van der Waals surface area contributed by atoms with Crippen molar-refractivity contribution in [3.8, 4) is 0 Å². The highest BCUT2D eigenvalue weighted by molar-refractivity contribution is 7.87. The largest absolute Gasteiger partial charge is 0.399 e. The van der Waals surface area contributed by atoms with Crippen LogP contribution in [-0.2, 0) is 14.9 Å². The number of nitrogens with two attached hydrogens (primary N) is 1. The van der Waals surface area contributed by atoms with Crippen LogP contribution in [0.25, 0.3) is 0 Å². The standard InChI is InChI=1S/C14H23N3O3S/c1-10-8-17(9-11(2)20-10)21(18,19)16-12(3)13-4-6-14(15)7-5-13/h4-7,10-12,16H,8-9,15H2,1-3H3. The highest BCUT2D eigenvalue weighted by Gasteiger charge is 2.31. The van der Waals surface area contributed by atoms with Crippen LogP contribution in [0.1, 0.15) is 32.4 Å². The molecule has 6 nitrogen and oxygen atoms in total. The van der Waals surface area contributed by atoms with Crippen molar-refractivity contribution in [1.82, 2.24) is 9.03 Å².